The summed E-state index contributed by atoms with van der Waals surface area (Å²) in [6, 6.07) is 0. The van der Waals surface area contributed by atoms with Gasteiger partial charge >= 0.3 is 11.9 Å². The number of hydrogen-bond donors (Lipinski definition) is 0. The quantitative estimate of drug-likeness (QED) is 0.0196. The van der Waals surface area contributed by atoms with E-state index in [0.717, 1.165) is 83.5 Å². The van der Waals surface area contributed by atoms with Crippen LogP contribution in [0.4, 0.5) is 0 Å². The van der Waals surface area contributed by atoms with Gasteiger partial charge in [-0.2, -0.15) is 0 Å². The average Bonchev–Trinajstić information content (AvgIpc) is 3.19. The minimum Gasteiger partial charge on any atom is -0.545 e. The van der Waals surface area contributed by atoms with Gasteiger partial charge in [-0.15, -0.1) is 0 Å². The Labute approximate surface area is 362 Å². The van der Waals surface area contributed by atoms with Gasteiger partial charge in [0.05, 0.1) is 40.3 Å². The summed E-state index contributed by atoms with van der Waals surface area (Å²) < 4.78 is 22.6. The molecule has 0 aliphatic heterocycles. The van der Waals surface area contributed by atoms with E-state index in [1.54, 1.807) is 0 Å². The molecule has 0 aromatic carbocycles. The third-order valence-corrected chi connectivity index (χ3v) is 10.1. The highest BCUT2D eigenvalue weighted by atomic mass is 16.7. The van der Waals surface area contributed by atoms with Gasteiger partial charge in [0.2, 0.25) is 0 Å². The Morgan fingerprint density at radius 2 is 0.966 bits per heavy atom. The van der Waals surface area contributed by atoms with Crippen molar-refractivity contribution in [3.63, 3.8) is 0 Å². The summed E-state index contributed by atoms with van der Waals surface area (Å²) >= 11 is 0. The molecule has 0 aliphatic carbocycles. The summed E-state index contributed by atoms with van der Waals surface area (Å²) in [6.45, 7) is 4.62. The van der Waals surface area contributed by atoms with Crippen LogP contribution in [-0.4, -0.2) is 82.3 Å². The van der Waals surface area contributed by atoms with Crippen molar-refractivity contribution in [2.24, 2.45) is 0 Å². The van der Waals surface area contributed by atoms with Gasteiger partial charge in [0.25, 0.3) is 0 Å². The monoisotopic (exact) mass is 832 g/mol. The number of esters is 2. The molecule has 9 nitrogen and oxygen atoms in total. The van der Waals surface area contributed by atoms with Gasteiger partial charge in [-0.3, -0.25) is 9.59 Å². The van der Waals surface area contributed by atoms with Gasteiger partial charge < -0.3 is 33.3 Å². The number of carbonyl (C=O) groups excluding carboxylic acids is 3. The predicted molar refractivity (Wildman–Crippen MR) is 242 cm³/mol. The lowest BCUT2D eigenvalue weighted by molar-refractivity contribution is -0.870. The number of allylic oxidation sites excluding steroid dienone is 8. The Morgan fingerprint density at radius 3 is 1.44 bits per heavy atom. The molecule has 2 unspecified atom stereocenters. The van der Waals surface area contributed by atoms with Crippen LogP contribution in [0.3, 0.4) is 0 Å². The van der Waals surface area contributed by atoms with Gasteiger partial charge in [0.1, 0.15) is 13.2 Å². The molecule has 0 bridgehead atoms. The number of carboxylic acids is 1. The van der Waals surface area contributed by atoms with Crippen LogP contribution in [0.5, 0.6) is 0 Å². The Bertz CT molecular complexity index is 1110. The van der Waals surface area contributed by atoms with E-state index in [0.29, 0.717) is 23.9 Å². The van der Waals surface area contributed by atoms with Crippen LogP contribution in [-0.2, 0) is 33.3 Å². The third-order valence-electron chi connectivity index (χ3n) is 10.1. The van der Waals surface area contributed by atoms with E-state index in [1.165, 1.54) is 77.0 Å². The van der Waals surface area contributed by atoms with Crippen molar-refractivity contribution < 1.29 is 42.9 Å². The van der Waals surface area contributed by atoms with Crippen molar-refractivity contribution in [3.05, 3.63) is 48.6 Å². The van der Waals surface area contributed by atoms with Crippen molar-refractivity contribution in [1.82, 2.24) is 0 Å². The maximum absolute atomic E-state index is 12.8. The number of carboxylic acid groups (broad SMARTS) is 1. The Hall–Kier alpha value is -2.75. The lowest BCUT2D eigenvalue weighted by atomic mass is 10.0. The molecular formula is C50H89NO8. The van der Waals surface area contributed by atoms with Crippen LogP contribution in [0.15, 0.2) is 48.6 Å². The molecule has 0 fully saturated rings. The summed E-state index contributed by atoms with van der Waals surface area (Å²) in [7, 11) is 5.90. The maximum atomic E-state index is 12.8. The topological polar surface area (TPSA) is 111 Å². The first-order chi connectivity index (χ1) is 28.6. The maximum Gasteiger partial charge on any atom is 0.306 e. The van der Waals surface area contributed by atoms with E-state index >= 15 is 0 Å². The molecule has 0 aromatic rings. The summed E-state index contributed by atoms with van der Waals surface area (Å²) in [5.41, 5.74) is 0. The fourth-order valence-electron chi connectivity index (χ4n) is 6.41. The standard InChI is InChI=1S/C50H89NO8/c1-6-8-10-12-14-16-18-20-22-23-24-25-27-29-31-33-35-37-39-41-48(53)59-46(45-58-50(49(54)55)56-43-42-51(3,4)5)44-57-47(52)40-38-36-34-32-30-28-26-21-19-17-15-13-11-9-7-2/h8,10,14,16,20,22,24-25,46,50H,6-7,9,11-13,15,17-19,21,23,26-45H2,1-5H3/b10-8-,16-14-,22-20-,25-24-. The molecule has 0 radical (unpaired) electrons. The van der Waals surface area contributed by atoms with E-state index in [4.69, 9.17) is 18.9 Å². The number of ether oxygens (including phenoxy) is 4. The zero-order valence-corrected chi connectivity index (χ0v) is 38.6. The molecular weight excluding hydrogens is 743 g/mol. The SMILES string of the molecule is CC/C=C\C/C=C\C/C=C\C/C=C\CCCCCCCCC(=O)OC(COC(=O)CCCCCCCCCCCCCCCCC)COC(OCC[N+](C)(C)C)C(=O)[O-]. The first kappa shape index (κ1) is 56.2. The van der Waals surface area contributed by atoms with Gasteiger partial charge in [0.15, 0.2) is 12.4 Å². The smallest absolute Gasteiger partial charge is 0.306 e. The van der Waals surface area contributed by atoms with Crippen molar-refractivity contribution >= 4 is 17.9 Å². The fourth-order valence-corrected chi connectivity index (χ4v) is 6.41. The molecule has 59 heavy (non-hydrogen) atoms. The molecule has 0 saturated heterocycles. The van der Waals surface area contributed by atoms with Gasteiger partial charge in [-0.25, -0.2) is 0 Å². The number of unbranched alkanes of at least 4 members (excludes halogenated alkanes) is 20. The summed E-state index contributed by atoms with van der Waals surface area (Å²) in [5, 5.41) is 11.7. The lowest BCUT2D eigenvalue weighted by Gasteiger charge is -2.26. The number of aliphatic carboxylic acids is 1. The van der Waals surface area contributed by atoms with Crippen LogP contribution in [0.1, 0.15) is 194 Å². The molecule has 0 N–H and O–H groups in total. The molecule has 0 heterocycles. The highest BCUT2D eigenvalue weighted by Gasteiger charge is 2.21. The van der Waals surface area contributed by atoms with Crippen LogP contribution in [0.2, 0.25) is 0 Å². The number of hydrogen-bond acceptors (Lipinski definition) is 8. The second-order valence-electron chi connectivity index (χ2n) is 17.0. The molecule has 0 aromatic heterocycles. The first-order valence-corrected chi connectivity index (χ1v) is 23.8. The minimum atomic E-state index is -1.62. The molecule has 2 atom stereocenters. The summed E-state index contributed by atoms with van der Waals surface area (Å²) in [6.07, 6.45) is 45.6. The van der Waals surface area contributed by atoms with Crippen molar-refractivity contribution in [1.29, 1.82) is 0 Å². The Balaban J connectivity index is 4.42. The van der Waals surface area contributed by atoms with Crippen molar-refractivity contribution in [2.75, 3.05) is 47.5 Å². The van der Waals surface area contributed by atoms with Crippen molar-refractivity contribution in [2.45, 2.75) is 206 Å². The minimum absolute atomic E-state index is 0.144. The average molecular weight is 832 g/mol. The zero-order valence-electron chi connectivity index (χ0n) is 38.6. The zero-order chi connectivity index (χ0) is 43.5. The van der Waals surface area contributed by atoms with Crippen LogP contribution in [0, 0.1) is 0 Å². The number of carbonyl (C=O) groups is 3. The number of rotatable bonds is 43. The van der Waals surface area contributed by atoms with E-state index in [1.807, 2.05) is 21.1 Å². The predicted octanol–water partition coefficient (Wildman–Crippen LogP) is 11.4. The van der Waals surface area contributed by atoms with Crippen LogP contribution < -0.4 is 5.11 Å². The molecule has 342 valence electrons. The number of likely N-dealkylation sites (N-methyl/N-ethyl adjacent to an activating group) is 1. The molecule has 9 heteroatoms. The molecule has 0 rings (SSSR count). The van der Waals surface area contributed by atoms with Crippen LogP contribution >= 0.6 is 0 Å². The fraction of sp³-hybridized carbons (Fsp3) is 0.780. The Morgan fingerprint density at radius 1 is 0.525 bits per heavy atom. The van der Waals surface area contributed by atoms with Crippen molar-refractivity contribution in [3.8, 4) is 0 Å². The second kappa shape index (κ2) is 42.0. The Kier molecular flexibility index (Phi) is 40.0. The molecule has 0 amide bonds. The van der Waals surface area contributed by atoms with E-state index in [2.05, 4.69) is 62.5 Å². The normalized spacial score (nSPS) is 13.3. The molecule has 0 saturated carbocycles. The lowest BCUT2D eigenvalue weighted by Crippen LogP contribution is -2.44. The summed E-state index contributed by atoms with van der Waals surface area (Å²) in [5.74, 6) is -2.30. The molecule has 0 aliphatic rings. The van der Waals surface area contributed by atoms with E-state index in [-0.39, 0.29) is 32.2 Å². The van der Waals surface area contributed by atoms with Crippen LogP contribution in [0.25, 0.3) is 0 Å². The highest BCUT2D eigenvalue weighted by Crippen LogP contribution is 2.15. The number of quaternary nitrogens is 1. The van der Waals surface area contributed by atoms with Gasteiger partial charge in [-0.1, -0.05) is 178 Å². The summed E-state index contributed by atoms with van der Waals surface area (Å²) in [4.78, 5) is 37.0. The largest absolute Gasteiger partial charge is 0.545 e. The first-order valence-electron chi connectivity index (χ1n) is 23.8. The highest BCUT2D eigenvalue weighted by molar-refractivity contribution is 5.70. The number of nitrogens with zero attached hydrogens (tertiary/aromatic N) is 1. The third kappa shape index (κ3) is 43.2. The van der Waals surface area contributed by atoms with E-state index in [9.17, 15) is 19.5 Å². The van der Waals surface area contributed by atoms with E-state index < -0.39 is 24.3 Å². The molecule has 0 spiro atoms. The van der Waals surface area contributed by atoms with Gasteiger partial charge in [-0.05, 0) is 51.4 Å². The second-order valence-corrected chi connectivity index (χ2v) is 17.0. The van der Waals surface area contributed by atoms with Gasteiger partial charge in [0, 0.05) is 12.8 Å².